The Morgan fingerprint density at radius 3 is 1.81 bits per heavy atom. The molecule has 0 spiro atoms. The predicted octanol–water partition coefficient (Wildman–Crippen LogP) is 11.8. The van der Waals surface area contributed by atoms with Gasteiger partial charge in [-0.15, -0.1) is 0 Å². The number of para-hydroxylation sites is 1. The van der Waals surface area contributed by atoms with Crippen LogP contribution in [0.5, 0.6) is 5.75 Å². The number of nitrogens with zero attached hydrogens (tertiary/aromatic N) is 3. The third-order valence-corrected chi connectivity index (χ3v) is 10.9. The molecule has 53 heavy (non-hydrogen) atoms. The van der Waals surface area contributed by atoms with Crippen molar-refractivity contribution in [1.82, 2.24) is 15.0 Å². The molecule has 2 aliphatic rings. The van der Waals surface area contributed by atoms with E-state index < -0.39 is 0 Å². The second-order valence-electron chi connectivity index (χ2n) is 13.9. The average molecular weight is 678 g/mol. The number of fused-ring (bicyclic) bond motifs is 8. The molecule has 4 nitrogen and oxygen atoms in total. The summed E-state index contributed by atoms with van der Waals surface area (Å²) >= 11 is 0. The Morgan fingerprint density at radius 1 is 0.434 bits per heavy atom. The monoisotopic (exact) mass is 677 g/mol. The van der Waals surface area contributed by atoms with Gasteiger partial charge in [0.15, 0.2) is 17.5 Å². The highest BCUT2D eigenvalue weighted by Gasteiger charge is 2.40. The largest absolute Gasteiger partial charge is 0.485 e. The molecule has 0 radical (unpaired) electrons. The first-order valence-electron chi connectivity index (χ1n) is 18.1. The quantitative estimate of drug-likeness (QED) is 0.174. The van der Waals surface area contributed by atoms with Crippen LogP contribution in [-0.2, 0) is 0 Å². The summed E-state index contributed by atoms with van der Waals surface area (Å²) in [5, 5.41) is 9.33. The summed E-state index contributed by atoms with van der Waals surface area (Å²) in [5.74, 6) is 2.72. The second-order valence-corrected chi connectivity index (χ2v) is 13.9. The van der Waals surface area contributed by atoms with E-state index in [2.05, 4.69) is 170 Å². The molecule has 2 atom stereocenters. The van der Waals surface area contributed by atoms with Crippen molar-refractivity contribution in [3.63, 3.8) is 0 Å². The number of benzene rings is 8. The normalized spacial score (nSPS) is 16.3. The van der Waals surface area contributed by atoms with E-state index in [-0.39, 0.29) is 12.0 Å². The van der Waals surface area contributed by atoms with E-state index in [1.165, 1.54) is 26.9 Å². The molecule has 248 valence electrons. The molecule has 11 rings (SSSR count). The van der Waals surface area contributed by atoms with Crippen molar-refractivity contribution in [1.29, 1.82) is 0 Å². The van der Waals surface area contributed by atoms with E-state index >= 15 is 0 Å². The zero-order valence-corrected chi connectivity index (χ0v) is 28.6. The average Bonchev–Trinajstić information content (AvgIpc) is 3.61. The molecule has 9 aromatic rings. The van der Waals surface area contributed by atoms with Crippen LogP contribution in [0.4, 0.5) is 0 Å². The summed E-state index contributed by atoms with van der Waals surface area (Å²) in [6, 6.07) is 57.8. The van der Waals surface area contributed by atoms with Crippen molar-refractivity contribution in [2.45, 2.75) is 12.0 Å². The molecule has 0 N–H and O–H groups in total. The van der Waals surface area contributed by atoms with E-state index in [9.17, 15) is 0 Å². The highest BCUT2D eigenvalue weighted by molar-refractivity contribution is 6.13. The predicted molar refractivity (Wildman–Crippen MR) is 217 cm³/mol. The number of hydrogen-bond donors (Lipinski definition) is 0. The Kier molecular flexibility index (Phi) is 6.65. The minimum absolute atomic E-state index is 0.106. The maximum Gasteiger partial charge on any atom is 0.164 e. The van der Waals surface area contributed by atoms with Gasteiger partial charge >= 0.3 is 0 Å². The fraction of sp³-hybridized carbons (Fsp3) is 0.0408. The maximum absolute atomic E-state index is 6.61. The molecule has 2 heterocycles. The molecule has 4 heteroatoms. The number of rotatable bonds is 4. The van der Waals surface area contributed by atoms with Crippen LogP contribution in [0.1, 0.15) is 22.9 Å². The molecule has 0 saturated carbocycles. The zero-order chi connectivity index (χ0) is 34.9. The van der Waals surface area contributed by atoms with E-state index in [4.69, 9.17) is 19.7 Å². The van der Waals surface area contributed by atoms with Crippen LogP contribution in [0.25, 0.3) is 77.0 Å². The van der Waals surface area contributed by atoms with Crippen LogP contribution < -0.4 is 4.74 Å². The van der Waals surface area contributed by atoms with Crippen molar-refractivity contribution < 1.29 is 4.74 Å². The lowest BCUT2D eigenvalue weighted by molar-refractivity contribution is 0.271. The van der Waals surface area contributed by atoms with Gasteiger partial charge < -0.3 is 4.74 Å². The number of ether oxygens (including phenoxy) is 1. The van der Waals surface area contributed by atoms with Crippen molar-refractivity contribution in [2.75, 3.05) is 0 Å². The first-order valence-corrected chi connectivity index (χ1v) is 18.1. The van der Waals surface area contributed by atoms with Crippen LogP contribution >= 0.6 is 0 Å². The van der Waals surface area contributed by atoms with Gasteiger partial charge in [-0.3, -0.25) is 0 Å². The van der Waals surface area contributed by atoms with Gasteiger partial charge in [0.1, 0.15) is 11.9 Å². The molecular weight excluding hydrogens is 647 g/mol. The molecule has 8 aromatic carbocycles. The third kappa shape index (κ3) is 4.87. The minimum Gasteiger partial charge on any atom is -0.485 e. The van der Waals surface area contributed by atoms with Crippen molar-refractivity contribution >= 4 is 54.2 Å². The van der Waals surface area contributed by atoms with Crippen molar-refractivity contribution in [2.24, 2.45) is 0 Å². The van der Waals surface area contributed by atoms with Gasteiger partial charge in [-0.2, -0.15) is 0 Å². The summed E-state index contributed by atoms with van der Waals surface area (Å²) < 4.78 is 6.61. The Hall–Kier alpha value is -6.91. The summed E-state index contributed by atoms with van der Waals surface area (Å²) in [5.41, 5.74) is 6.29. The second kappa shape index (κ2) is 11.8. The van der Waals surface area contributed by atoms with Gasteiger partial charge in [-0.1, -0.05) is 146 Å². The highest BCUT2D eigenvalue weighted by atomic mass is 16.5. The molecule has 1 aromatic heterocycles. The molecule has 0 saturated heterocycles. The van der Waals surface area contributed by atoms with Crippen LogP contribution in [0.15, 0.2) is 176 Å². The lowest BCUT2D eigenvalue weighted by Gasteiger charge is -2.26. The smallest absolute Gasteiger partial charge is 0.164 e. The maximum atomic E-state index is 6.61. The van der Waals surface area contributed by atoms with Gasteiger partial charge in [0.2, 0.25) is 0 Å². The highest BCUT2D eigenvalue weighted by Crippen LogP contribution is 2.51. The van der Waals surface area contributed by atoms with Gasteiger partial charge in [-0.05, 0) is 84.6 Å². The fourth-order valence-corrected chi connectivity index (χ4v) is 8.34. The van der Waals surface area contributed by atoms with E-state index in [1.807, 2.05) is 6.07 Å². The molecule has 2 unspecified atom stereocenters. The summed E-state index contributed by atoms with van der Waals surface area (Å²) in [6.45, 7) is 0. The van der Waals surface area contributed by atoms with Gasteiger partial charge in [0.25, 0.3) is 0 Å². The lowest BCUT2D eigenvalue weighted by atomic mass is 9.79. The first-order chi connectivity index (χ1) is 26.2. The van der Waals surface area contributed by atoms with Crippen LogP contribution in [0.3, 0.4) is 0 Å². The Labute approximate surface area is 306 Å². The fourth-order valence-electron chi connectivity index (χ4n) is 8.34. The zero-order valence-electron chi connectivity index (χ0n) is 28.6. The molecule has 0 fully saturated rings. The van der Waals surface area contributed by atoms with E-state index in [0.717, 1.165) is 55.3 Å². The van der Waals surface area contributed by atoms with E-state index in [1.54, 1.807) is 0 Å². The Bertz CT molecular complexity index is 3010. The van der Waals surface area contributed by atoms with Gasteiger partial charge in [0.05, 0.1) is 5.92 Å². The Balaban J connectivity index is 1.23. The molecule has 0 amide bonds. The summed E-state index contributed by atoms with van der Waals surface area (Å²) in [4.78, 5) is 16.2. The van der Waals surface area contributed by atoms with Crippen LogP contribution in [0.2, 0.25) is 0 Å². The van der Waals surface area contributed by atoms with Crippen LogP contribution in [-0.4, -0.2) is 21.1 Å². The van der Waals surface area contributed by atoms with Gasteiger partial charge in [-0.25, -0.2) is 15.0 Å². The van der Waals surface area contributed by atoms with Crippen LogP contribution in [0, 0.1) is 0 Å². The van der Waals surface area contributed by atoms with E-state index in [0.29, 0.717) is 17.5 Å². The topological polar surface area (TPSA) is 47.9 Å². The first kappa shape index (κ1) is 29.8. The third-order valence-electron chi connectivity index (χ3n) is 10.9. The lowest BCUT2D eigenvalue weighted by Crippen LogP contribution is -2.22. The van der Waals surface area contributed by atoms with Gasteiger partial charge in [0, 0.05) is 22.3 Å². The number of aromatic nitrogens is 3. The molecule has 1 aliphatic carbocycles. The summed E-state index contributed by atoms with van der Waals surface area (Å²) in [6.07, 6.45) is 4.22. The minimum atomic E-state index is -0.183. The molecule has 0 bridgehead atoms. The summed E-state index contributed by atoms with van der Waals surface area (Å²) in [7, 11) is 0. The number of allylic oxidation sites excluding steroid dienone is 2. The SMILES string of the molecule is C1=CC2Oc3ccccc3C2C(c2nc(-c3ccc4ccccc4c3)nc(-c3cc4ccccc4c4ccccc34)n2)=C1c1ccc2ccccc2c1. The van der Waals surface area contributed by atoms with Crippen molar-refractivity contribution in [3.05, 3.63) is 193 Å². The Morgan fingerprint density at radius 2 is 1.02 bits per heavy atom. The molecular formula is C49H31N3O. The number of hydrogen-bond acceptors (Lipinski definition) is 4. The van der Waals surface area contributed by atoms with Crippen molar-refractivity contribution in [3.8, 4) is 28.5 Å². The standard InChI is InChI=1S/C49H31N3O/c1-3-13-32-27-35(23-21-30(32)11-1)38-25-26-44-45(41-19-9-10-20-43(41)53-44)46(38)49-51-47(36-24-22-31-12-2-4-14-33(31)28-36)50-48(52-49)42-29-34-15-5-6-16-37(34)39-17-7-8-18-40(39)42/h1-29,44-45H. The molecule has 1 aliphatic heterocycles.